The molecule has 46 valence electrons. The van der Waals surface area contributed by atoms with Gasteiger partial charge in [0.05, 0.1) is 5.75 Å². The molecule has 0 unspecified atom stereocenters. The SMILES string of the molecule is CC(=O)CSCC=O. The molecule has 2 nitrogen and oxygen atoms in total. The largest absolute Gasteiger partial charge is 0.302 e. The zero-order valence-electron chi connectivity index (χ0n) is 4.72. The van der Waals surface area contributed by atoms with Crippen molar-refractivity contribution in [3.63, 3.8) is 0 Å². The standard InChI is InChI=1S/C5H8O2S/c1-5(7)4-8-3-2-6/h2H,3-4H2,1H3. The second-order valence-electron chi connectivity index (χ2n) is 1.38. The summed E-state index contributed by atoms with van der Waals surface area (Å²) in [6.45, 7) is 1.51. The van der Waals surface area contributed by atoms with Gasteiger partial charge in [-0.3, -0.25) is 4.79 Å². The van der Waals surface area contributed by atoms with Crippen LogP contribution in [-0.4, -0.2) is 23.6 Å². The highest BCUT2D eigenvalue weighted by Gasteiger charge is 1.89. The maximum Gasteiger partial charge on any atom is 0.139 e. The lowest BCUT2D eigenvalue weighted by atomic mass is 10.5. The highest BCUT2D eigenvalue weighted by atomic mass is 32.2. The first-order valence-corrected chi connectivity index (χ1v) is 3.43. The van der Waals surface area contributed by atoms with Crippen molar-refractivity contribution in [2.45, 2.75) is 6.92 Å². The zero-order chi connectivity index (χ0) is 6.41. The smallest absolute Gasteiger partial charge is 0.139 e. The number of Topliss-reactive ketones (excluding diaryl/α,β-unsaturated/α-hetero) is 1. The summed E-state index contributed by atoms with van der Waals surface area (Å²) in [4.78, 5) is 19.8. The van der Waals surface area contributed by atoms with E-state index in [2.05, 4.69) is 0 Å². The number of rotatable bonds is 4. The van der Waals surface area contributed by atoms with Crippen LogP contribution in [0.3, 0.4) is 0 Å². The van der Waals surface area contributed by atoms with E-state index in [0.717, 1.165) is 6.29 Å². The van der Waals surface area contributed by atoms with Gasteiger partial charge in [0.15, 0.2) is 0 Å². The molecule has 0 fully saturated rings. The Labute approximate surface area is 52.6 Å². The van der Waals surface area contributed by atoms with E-state index in [-0.39, 0.29) is 5.78 Å². The van der Waals surface area contributed by atoms with Crippen LogP contribution in [0.25, 0.3) is 0 Å². The molecule has 8 heavy (non-hydrogen) atoms. The van der Waals surface area contributed by atoms with Crippen LogP contribution in [0.4, 0.5) is 0 Å². The van der Waals surface area contributed by atoms with Crippen LogP contribution in [0, 0.1) is 0 Å². The average Bonchev–Trinajstić information content (AvgIpc) is 1.66. The molecule has 0 aliphatic rings. The maximum absolute atomic E-state index is 10.2. The molecule has 0 atom stereocenters. The predicted molar refractivity (Wildman–Crippen MR) is 34.1 cm³/mol. The Bertz CT molecular complexity index is 90.4. The Hall–Kier alpha value is -0.310. The minimum Gasteiger partial charge on any atom is -0.302 e. The lowest BCUT2D eigenvalue weighted by Crippen LogP contribution is -1.94. The fourth-order valence-electron chi connectivity index (χ4n) is 0.251. The topological polar surface area (TPSA) is 34.1 Å². The third kappa shape index (κ3) is 5.69. The van der Waals surface area contributed by atoms with E-state index < -0.39 is 0 Å². The molecule has 0 saturated carbocycles. The summed E-state index contributed by atoms with van der Waals surface area (Å²) < 4.78 is 0. The van der Waals surface area contributed by atoms with Crippen LogP contribution in [0.5, 0.6) is 0 Å². The Morgan fingerprint density at radius 2 is 2.38 bits per heavy atom. The van der Waals surface area contributed by atoms with Gasteiger partial charge in [0.1, 0.15) is 12.1 Å². The van der Waals surface area contributed by atoms with Crippen LogP contribution in [0.15, 0.2) is 0 Å². The normalized spacial score (nSPS) is 8.62. The highest BCUT2D eigenvalue weighted by Crippen LogP contribution is 1.95. The van der Waals surface area contributed by atoms with E-state index >= 15 is 0 Å². The van der Waals surface area contributed by atoms with Crippen molar-refractivity contribution in [1.29, 1.82) is 0 Å². The number of ketones is 1. The third-order valence-corrected chi connectivity index (χ3v) is 1.47. The molecule has 0 amide bonds. The summed E-state index contributed by atoms with van der Waals surface area (Å²) >= 11 is 1.34. The highest BCUT2D eigenvalue weighted by molar-refractivity contribution is 8.00. The fourth-order valence-corrected chi connectivity index (χ4v) is 0.752. The number of carbonyl (C=O) groups excluding carboxylic acids is 2. The van der Waals surface area contributed by atoms with Gasteiger partial charge in [-0.1, -0.05) is 0 Å². The Kier molecular flexibility index (Phi) is 4.65. The van der Waals surface area contributed by atoms with Gasteiger partial charge in [-0.25, -0.2) is 0 Å². The van der Waals surface area contributed by atoms with Gasteiger partial charge < -0.3 is 4.79 Å². The van der Waals surface area contributed by atoms with E-state index in [1.54, 1.807) is 0 Å². The molecule has 0 aromatic rings. The van der Waals surface area contributed by atoms with Crippen LogP contribution in [0.1, 0.15) is 6.92 Å². The van der Waals surface area contributed by atoms with E-state index in [9.17, 15) is 9.59 Å². The van der Waals surface area contributed by atoms with Crippen molar-refractivity contribution in [3.8, 4) is 0 Å². The minimum atomic E-state index is 0.122. The van der Waals surface area contributed by atoms with Gasteiger partial charge in [0.2, 0.25) is 0 Å². The van der Waals surface area contributed by atoms with Crippen molar-refractivity contribution in [3.05, 3.63) is 0 Å². The van der Waals surface area contributed by atoms with Gasteiger partial charge in [0, 0.05) is 5.75 Å². The molecule has 0 aliphatic heterocycles. The van der Waals surface area contributed by atoms with E-state index in [0.29, 0.717) is 11.5 Å². The Morgan fingerprint density at radius 1 is 1.75 bits per heavy atom. The first-order chi connectivity index (χ1) is 3.77. The van der Waals surface area contributed by atoms with Crippen molar-refractivity contribution in [2.24, 2.45) is 0 Å². The number of thioether (sulfide) groups is 1. The third-order valence-electron chi connectivity index (χ3n) is 0.491. The number of hydrogen-bond donors (Lipinski definition) is 0. The molecule has 0 aromatic heterocycles. The van der Waals surface area contributed by atoms with Crippen LogP contribution in [-0.2, 0) is 9.59 Å². The average molecular weight is 132 g/mol. The zero-order valence-corrected chi connectivity index (χ0v) is 5.53. The second kappa shape index (κ2) is 4.84. The monoisotopic (exact) mass is 132 g/mol. The van der Waals surface area contributed by atoms with Crippen molar-refractivity contribution >= 4 is 23.8 Å². The predicted octanol–water partition coefficient (Wildman–Crippen LogP) is 0.508. The summed E-state index contributed by atoms with van der Waals surface area (Å²) in [5, 5.41) is 0. The molecule has 3 heteroatoms. The van der Waals surface area contributed by atoms with Crippen molar-refractivity contribution < 1.29 is 9.59 Å². The number of carbonyl (C=O) groups is 2. The number of hydrogen-bond acceptors (Lipinski definition) is 3. The molecular weight excluding hydrogens is 124 g/mol. The van der Waals surface area contributed by atoms with E-state index in [1.807, 2.05) is 0 Å². The first kappa shape index (κ1) is 7.69. The molecular formula is C5H8O2S. The lowest BCUT2D eigenvalue weighted by molar-refractivity contribution is -0.114. The molecule has 0 spiro atoms. The summed E-state index contributed by atoms with van der Waals surface area (Å²) in [5.41, 5.74) is 0. The summed E-state index contributed by atoms with van der Waals surface area (Å²) in [6.07, 6.45) is 0.799. The molecule has 0 aromatic carbocycles. The molecule has 0 N–H and O–H groups in total. The van der Waals surface area contributed by atoms with Gasteiger partial charge in [0.25, 0.3) is 0 Å². The van der Waals surface area contributed by atoms with Crippen LogP contribution >= 0.6 is 11.8 Å². The van der Waals surface area contributed by atoms with E-state index in [1.165, 1.54) is 18.7 Å². The van der Waals surface area contributed by atoms with E-state index in [4.69, 9.17) is 0 Å². The molecule has 0 rings (SSSR count). The maximum atomic E-state index is 10.2. The molecule has 0 bridgehead atoms. The van der Waals surface area contributed by atoms with Gasteiger partial charge in [-0.15, -0.1) is 11.8 Å². The Morgan fingerprint density at radius 3 is 2.75 bits per heavy atom. The van der Waals surface area contributed by atoms with Crippen LogP contribution < -0.4 is 0 Å². The van der Waals surface area contributed by atoms with Gasteiger partial charge in [-0.05, 0) is 6.92 Å². The lowest BCUT2D eigenvalue weighted by Gasteiger charge is -1.86. The van der Waals surface area contributed by atoms with Crippen molar-refractivity contribution in [1.82, 2.24) is 0 Å². The molecule has 0 saturated heterocycles. The molecule has 0 radical (unpaired) electrons. The minimum absolute atomic E-state index is 0.122. The van der Waals surface area contributed by atoms with Gasteiger partial charge in [-0.2, -0.15) is 0 Å². The van der Waals surface area contributed by atoms with Crippen LogP contribution in [0.2, 0.25) is 0 Å². The second-order valence-corrected chi connectivity index (χ2v) is 2.41. The summed E-state index contributed by atoms with van der Waals surface area (Å²) in [5.74, 6) is 1.01. The first-order valence-electron chi connectivity index (χ1n) is 2.28. The fraction of sp³-hybridized carbons (Fsp3) is 0.600. The number of aldehydes is 1. The quantitative estimate of drug-likeness (QED) is 0.413. The summed E-state index contributed by atoms with van der Waals surface area (Å²) in [6, 6.07) is 0. The summed E-state index contributed by atoms with van der Waals surface area (Å²) in [7, 11) is 0. The van der Waals surface area contributed by atoms with Crippen molar-refractivity contribution in [2.75, 3.05) is 11.5 Å². The molecule has 0 aliphatic carbocycles. The molecule has 0 heterocycles. The van der Waals surface area contributed by atoms with Gasteiger partial charge >= 0.3 is 0 Å². The Balaban J connectivity index is 2.93.